The fourth-order valence-electron chi connectivity index (χ4n) is 3.42. The van der Waals surface area contributed by atoms with E-state index in [4.69, 9.17) is 10.5 Å². The minimum atomic E-state index is -0.458. The number of anilines is 1. The molecule has 2 aromatic rings. The first-order valence-electron chi connectivity index (χ1n) is 9.38. The molecule has 1 aliphatic carbocycles. The fraction of sp³-hybridized carbons (Fsp3) is 0.429. The van der Waals surface area contributed by atoms with Gasteiger partial charge in [-0.2, -0.15) is 0 Å². The molecule has 0 spiro atoms. The van der Waals surface area contributed by atoms with Gasteiger partial charge in [-0.15, -0.1) is 11.3 Å². The minimum Gasteiger partial charge on any atom is -0.493 e. The molecule has 1 aliphatic rings. The summed E-state index contributed by atoms with van der Waals surface area (Å²) in [4.78, 5) is 25.4. The van der Waals surface area contributed by atoms with E-state index in [2.05, 4.69) is 12.2 Å². The topological polar surface area (TPSA) is 81.4 Å². The smallest absolute Gasteiger partial charge is 0.251 e. The number of hydrogen-bond donors (Lipinski definition) is 2. The molecule has 2 amide bonds. The normalized spacial score (nSPS) is 15.9. The van der Waals surface area contributed by atoms with Crippen LogP contribution in [0.3, 0.4) is 0 Å². The summed E-state index contributed by atoms with van der Waals surface area (Å²) in [7, 11) is 0. The second-order valence-electron chi connectivity index (χ2n) is 7.19. The molecule has 27 heavy (non-hydrogen) atoms. The van der Waals surface area contributed by atoms with Gasteiger partial charge in [0.05, 0.1) is 12.2 Å². The molecule has 0 fully saturated rings. The number of thiophene rings is 1. The van der Waals surface area contributed by atoms with Gasteiger partial charge in [-0.25, -0.2) is 0 Å². The molecule has 1 heterocycles. The van der Waals surface area contributed by atoms with Crippen molar-refractivity contribution in [2.75, 3.05) is 11.9 Å². The highest BCUT2D eigenvalue weighted by atomic mass is 32.1. The zero-order valence-corrected chi connectivity index (χ0v) is 16.7. The average Bonchev–Trinajstić information content (AvgIpc) is 2.97. The lowest BCUT2D eigenvalue weighted by Gasteiger charge is -2.18. The Kier molecular flexibility index (Phi) is 6.16. The van der Waals surface area contributed by atoms with Crippen molar-refractivity contribution in [2.45, 2.75) is 46.0 Å². The Morgan fingerprint density at radius 3 is 2.85 bits per heavy atom. The fourth-order valence-corrected chi connectivity index (χ4v) is 4.85. The molecule has 1 atom stereocenters. The van der Waals surface area contributed by atoms with Gasteiger partial charge in [0.2, 0.25) is 5.91 Å². The van der Waals surface area contributed by atoms with Gasteiger partial charge >= 0.3 is 0 Å². The lowest BCUT2D eigenvalue weighted by Crippen LogP contribution is -2.19. The van der Waals surface area contributed by atoms with Gasteiger partial charge in [0.15, 0.2) is 0 Å². The highest BCUT2D eigenvalue weighted by Crippen LogP contribution is 2.39. The summed E-state index contributed by atoms with van der Waals surface area (Å²) in [5, 5.41) is 3.50. The Hall–Kier alpha value is -2.34. The molecule has 6 heteroatoms. The van der Waals surface area contributed by atoms with Crippen LogP contribution < -0.4 is 15.8 Å². The van der Waals surface area contributed by atoms with Crippen LogP contribution in [0.25, 0.3) is 0 Å². The van der Waals surface area contributed by atoms with E-state index in [1.165, 1.54) is 16.2 Å². The minimum absolute atomic E-state index is 0.113. The number of fused-ring (bicyclic) bond motifs is 1. The number of ether oxygens (including phenoxy) is 1. The summed E-state index contributed by atoms with van der Waals surface area (Å²) in [6.45, 7) is 4.67. The molecule has 3 rings (SSSR count). The number of carbonyl (C=O) groups excluding carboxylic acids is 2. The Morgan fingerprint density at radius 2 is 2.11 bits per heavy atom. The van der Waals surface area contributed by atoms with Crippen LogP contribution in [0.1, 0.15) is 52.5 Å². The number of nitrogens with one attached hydrogen (secondary N) is 1. The van der Waals surface area contributed by atoms with E-state index >= 15 is 0 Å². The summed E-state index contributed by atoms with van der Waals surface area (Å²) in [6.07, 6.45) is 3.79. The van der Waals surface area contributed by atoms with E-state index in [0.29, 0.717) is 35.9 Å². The van der Waals surface area contributed by atoms with Crippen LogP contribution in [-0.2, 0) is 17.6 Å². The number of para-hydroxylation sites is 1. The van der Waals surface area contributed by atoms with Crippen LogP contribution in [0.5, 0.6) is 5.75 Å². The van der Waals surface area contributed by atoms with E-state index < -0.39 is 5.91 Å². The third kappa shape index (κ3) is 4.69. The van der Waals surface area contributed by atoms with E-state index in [9.17, 15) is 9.59 Å². The quantitative estimate of drug-likeness (QED) is 0.704. The van der Waals surface area contributed by atoms with Crippen molar-refractivity contribution < 1.29 is 14.3 Å². The zero-order chi connectivity index (χ0) is 19.4. The molecule has 0 bridgehead atoms. The molecule has 1 aromatic heterocycles. The van der Waals surface area contributed by atoms with Gasteiger partial charge in [-0.05, 0) is 55.7 Å². The highest BCUT2D eigenvalue weighted by Gasteiger charge is 2.27. The Labute approximate surface area is 163 Å². The number of hydrogen-bond acceptors (Lipinski definition) is 4. The second-order valence-corrected chi connectivity index (χ2v) is 8.29. The molecule has 0 radical (unpaired) electrons. The van der Waals surface area contributed by atoms with E-state index in [1.54, 1.807) is 0 Å². The van der Waals surface area contributed by atoms with E-state index in [1.807, 2.05) is 31.2 Å². The first kappa shape index (κ1) is 19.4. The Balaban J connectivity index is 1.56. The van der Waals surface area contributed by atoms with Gasteiger partial charge in [0.25, 0.3) is 5.91 Å². The molecule has 0 saturated heterocycles. The summed E-state index contributed by atoms with van der Waals surface area (Å²) < 4.78 is 5.73. The monoisotopic (exact) mass is 386 g/mol. The molecule has 144 valence electrons. The first-order chi connectivity index (χ1) is 13.0. The molecule has 0 aliphatic heterocycles. The van der Waals surface area contributed by atoms with Gasteiger partial charge < -0.3 is 15.8 Å². The number of primary amides is 1. The number of nitrogens with two attached hydrogens (primary N) is 1. The molecule has 0 saturated carbocycles. The molecule has 5 nitrogen and oxygen atoms in total. The van der Waals surface area contributed by atoms with Crippen LogP contribution in [-0.4, -0.2) is 18.4 Å². The Bertz CT molecular complexity index is 844. The highest BCUT2D eigenvalue weighted by molar-refractivity contribution is 7.17. The third-order valence-corrected chi connectivity index (χ3v) is 6.08. The average molecular weight is 387 g/mol. The van der Waals surface area contributed by atoms with Gasteiger partial charge in [0, 0.05) is 11.3 Å². The molecule has 3 N–H and O–H groups in total. The van der Waals surface area contributed by atoms with Crippen molar-refractivity contribution in [2.24, 2.45) is 11.7 Å². The first-order valence-corrected chi connectivity index (χ1v) is 10.2. The summed E-state index contributed by atoms with van der Waals surface area (Å²) >= 11 is 1.50. The van der Waals surface area contributed by atoms with Crippen LogP contribution >= 0.6 is 11.3 Å². The zero-order valence-electron chi connectivity index (χ0n) is 15.8. The number of benzene rings is 1. The van der Waals surface area contributed by atoms with Crippen molar-refractivity contribution in [3.05, 3.63) is 45.8 Å². The van der Waals surface area contributed by atoms with Crippen LogP contribution in [0, 0.1) is 12.8 Å². The van der Waals surface area contributed by atoms with E-state index in [-0.39, 0.29) is 5.91 Å². The maximum absolute atomic E-state index is 12.3. The predicted octanol–water partition coefficient (Wildman–Crippen LogP) is 4.08. The van der Waals surface area contributed by atoms with Crippen LogP contribution in [0.2, 0.25) is 0 Å². The maximum Gasteiger partial charge on any atom is 0.251 e. The van der Waals surface area contributed by atoms with Crippen molar-refractivity contribution in [1.29, 1.82) is 0 Å². The van der Waals surface area contributed by atoms with E-state index in [0.717, 1.165) is 36.1 Å². The SMILES string of the molecule is Cc1ccccc1OCCCC(=O)Nc1sc2c(c1C(N)=O)CCC(C)C2. The van der Waals surface area contributed by atoms with Crippen molar-refractivity contribution in [1.82, 2.24) is 0 Å². The van der Waals surface area contributed by atoms with Crippen LogP contribution in [0.4, 0.5) is 5.00 Å². The maximum atomic E-state index is 12.3. The van der Waals surface area contributed by atoms with Crippen LogP contribution in [0.15, 0.2) is 24.3 Å². The summed E-state index contributed by atoms with van der Waals surface area (Å²) in [5.41, 5.74) is 8.20. The van der Waals surface area contributed by atoms with Gasteiger partial charge in [-0.1, -0.05) is 25.1 Å². The van der Waals surface area contributed by atoms with Crippen molar-refractivity contribution in [3.63, 3.8) is 0 Å². The van der Waals surface area contributed by atoms with Crippen molar-refractivity contribution in [3.8, 4) is 5.75 Å². The summed E-state index contributed by atoms with van der Waals surface area (Å²) in [6, 6.07) is 7.81. The lowest BCUT2D eigenvalue weighted by atomic mass is 9.88. The lowest BCUT2D eigenvalue weighted by molar-refractivity contribution is -0.116. The molecule has 1 aromatic carbocycles. The second kappa shape index (κ2) is 8.57. The standard InChI is InChI=1S/C21H26N2O3S/c1-13-9-10-15-17(12-13)27-21(19(15)20(22)25)23-18(24)8-5-11-26-16-7-4-3-6-14(16)2/h3-4,6-7,13H,5,8-12H2,1-2H3,(H2,22,25)(H,23,24). The van der Waals surface area contributed by atoms with Gasteiger partial charge in [-0.3, -0.25) is 9.59 Å². The number of rotatable bonds is 7. The summed E-state index contributed by atoms with van der Waals surface area (Å²) in [5.74, 6) is 0.866. The number of aryl methyl sites for hydroxylation is 1. The predicted molar refractivity (Wildman–Crippen MR) is 109 cm³/mol. The molecular weight excluding hydrogens is 360 g/mol. The third-order valence-electron chi connectivity index (χ3n) is 4.91. The largest absolute Gasteiger partial charge is 0.493 e. The number of carbonyl (C=O) groups is 2. The van der Waals surface area contributed by atoms with Crippen molar-refractivity contribution >= 4 is 28.2 Å². The number of amides is 2. The molecular formula is C21H26N2O3S. The molecule has 1 unspecified atom stereocenters. The van der Waals surface area contributed by atoms with Gasteiger partial charge in [0.1, 0.15) is 10.8 Å². The Morgan fingerprint density at radius 1 is 1.33 bits per heavy atom.